The summed E-state index contributed by atoms with van der Waals surface area (Å²) in [5, 5.41) is 5.25. The molecule has 1 aromatic rings. The second kappa shape index (κ2) is 22.6. The number of aromatic amines is 1. The molecule has 1 amide bonds. The first kappa shape index (κ1) is 48.7. The first-order chi connectivity index (χ1) is 27.8. The smallest absolute Gasteiger partial charge is 0.303 e. The van der Waals surface area contributed by atoms with Crippen LogP contribution in [0, 0.1) is 18.8 Å². The normalized spacial score (nSPS) is 24.5. The van der Waals surface area contributed by atoms with Gasteiger partial charge in [0.2, 0.25) is 5.91 Å². The van der Waals surface area contributed by atoms with Crippen molar-refractivity contribution < 1.29 is 47.7 Å². The quantitative estimate of drug-likeness (QED) is 0.0999. The third-order valence-electron chi connectivity index (χ3n) is 10.3. The molecule has 0 unspecified atom stereocenters. The van der Waals surface area contributed by atoms with E-state index < -0.39 is 53.7 Å². The fourth-order valence-electron chi connectivity index (χ4n) is 7.05. The molecule has 326 valence electrons. The Hall–Kier alpha value is -4.70. The maximum atomic E-state index is 13.6. The monoisotopic (exact) mass is 841 g/mol. The lowest BCUT2D eigenvalue weighted by Gasteiger charge is -2.44. The maximum Gasteiger partial charge on any atom is 0.303 e. The van der Waals surface area contributed by atoms with Crippen molar-refractivity contribution in [1.29, 1.82) is 0 Å². The molecule has 0 aromatic carbocycles. The second-order valence-electron chi connectivity index (χ2n) is 15.2. The number of amides is 1. The van der Waals surface area contributed by atoms with Crippen LogP contribution >= 0.6 is 11.8 Å². The van der Waals surface area contributed by atoms with E-state index in [2.05, 4.69) is 62.1 Å². The lowest BCUT2D eigenvalue weighted by Crippen LogP contribution is -2.61. The average molecular weight is 842 g/mol. The van der Waals surface area contributed by atoms with Crippen molar-refractivity contribution >= 4 is 64.6 Å². The number of nitrogens with zero attached hydrogens (tertiary/aromatic N) is 3. The van der Waals surface area contributed by atoms with Gasteiger partial charge >= 0.3 is 23.9 Å². The van der Waals surface area contributed by atoms with Crippen molar-refractivity contribution in [2.75, 3.05) is 40.0 Å². The average Bonchev–Trinajstić information content (AvgIpc) is 3.68. The Labute approximate surface area is 352 Å². The molecule has 0 radical (unpaired) electrons. The predicted molar refractivity (Wildman–Crippen MR) is 229 cm³/mol. The molecule has 0 spiro atoms. The first-order valence-electron chi connectivity index (χ1n) is 19.9. The Bertz CT molecular complexity index is 1960. The van der Waals surface area contributed by atoms with Crippen LogP contribution < -0.4 is 16.0 Å². The fraction of sp³-hybridized carbons (Fsp3) is 0.605. The van der Waals surface area contributed by atoms with Crippen LogP contribution in [0.5, 0.6) is 0 Å². The van der Waals surface area contributed by atoms with Gasteiger partial charge in [0.25, 0.3) is 0 Å². The highest BCUT2D eigenvalue weighted by Crippen LogP contribution is 2.38. The van der Waals surface area contributed by atoms with Gasteiger partial charge in [0.05, 0.1) is 0 Å². The van der Waals surface area contributed by atoms with Crippen molar-refractivity contribution in [3.05, 3.63) is 45.4 Å². The standard InChI is InChI=1S/C43H63N5O10S/c1-23(2)33(45-12)21-36-26(5)32(39(47-36)27(6)35-19-24(3)34(46-35)20-25(4)44-11)15-16-38(53)48(13)17-14-18-59-43-42(57-31(10)52)41(56-30(9)51)40(55-29(8)50)37(58-43)22-54-28(7)49/h19-21,26,32,37,40-43,45-46H,14-18,22H2,1-13H3/b34-20-,35-27-,36-21-,44-25+/t26-,32-,37+,40+,41-,42+,43-/m0/s1. The molecule has 1 fully saturated rings. The van der Waals surface area contributed by atoms with E-state index in [0.717, 1.165) is 50.2 Å². The Balaban J connectivity index is 1.78. The number of aliphatic imine (C=N–C) groups is 2. The molecule has 0 bridgehead atoms. The zero-order valence-electron chi connectivity index (χ0n) is 36.8. The Morgan fingerprint density at radius 1 is 0.949 bits per heavy atom. The molecule has 0 saturated carbocycles. The molecule has 3 heterocycles. The minimum absolute atomic E-state index is 0.00182. The van der Waals surface area contributed by atoms with E-state index in [1.54, 1.807) is 19.0 Å². The molecule has 2 aliphatic heterocycles. The van der Waals surface area contributed by atoms with Gasteiger partial charge in [0.1, 0.15) is 18.1 Å². The largest absolute Gasteiger partial charge is 0.463 e. The summed E-state index contributed by atoms with van der Waals surface area (Å²) in [6, 6.07) is 2.13. The Kier molecular flexibility index (Phi) is 18.7. The summed E-state index contributed by atoms with van der Waals surface area (Å²) in [4.78, 5) is 76.5. The summed E-state index contributed by atoms with van der Waals surface area (Å²) in [6.45, 7) is 17.3. The summed E-state index contributed by atoms with van der Waals surface area (Å²) < 4.78 is 28.0. The van der Waals surface area contributed by atoms with Gasteiger partial charge in [-0.05, 0) is 82.6 Å². The number of aromatic nitrogens is 1. The molecular weight excluding hydrogens is 779 g/mol. The summed E-state index contributed by atoms with van der Waals surface area (Å²) in [5.74, 6) is -2.11. The van der Waals surface area contributed by atoms with Crippen LogP contribution in [0.25, 0.3) is 11.6 Å². The number of H-pyrrole nitrogens is 1. The predicted octanol–water partition coefficient (Wildman–Crippen LogP) is 3.91. The van der Waals surface area contributed by atoms with Crippen molar-refractivity contribution in [3.63, 3.8) is 0 Å². The zero-order valence-corrected chi connectivity index (χ0v) is 37.7. The number of thioether (sulfide) groups is 1. The number of hydrogen-bond acceptors (Lipinski definition) is 14. The van der Waals surface area contributed by atoms with Gasteiger partial charge in [-0.25, -0.2) is 0 Å². The third kappa shape index (κ3) is 13.9. The highest BCUT2D eigenvalue weighted by atomic mass is 32.2. The van der Waals surface area contributed by atoms with Crippen LogP contribution in [0.3, 0.4) is 0 Å². The zero-order chi connectivity index (χ0) is 44.1. The number of ether oxygens (including phenoxy) is 5. The lowest BCUT2D eigenvalue weighted by atomic mass is 9.84. The van der Waals surface area contributed by atoms with Crippen molar-refractivity contribution in [2.24, 2.45) is 21.8 Å². The maximum absolute atomic E-state index is 13.6. The summed E-state index contributed by atoms with van der Waals surface area (Å²) >= 11 is 1.29. The van der Waals surface area contributed by atoms with Crippen LogP contribution in [0.15, 0.2) is 39.1 Å². The van der Waals surface area contributed by atoms with Crippen LogP contribution in [-0.2, 0) is 47.7 Å². The molecule has 1 saturated heterocycles. The van der Waals surface area contributed by atoms with Crippen LogP contribution in [0.2, 0.25) is 0 Å². The van der Waals surface area contributed by atoms with E-state index in [0.29, 0.717) is 31.6 Å². The van der Waals surface area contributed by atoms with Gasteiger partial charge < -0.3 is 38.9 Å². The van der Waals surface area contributed by atoms with Crippen molar-refractivity contribution in [2.45, 2.75) is 118 Å². The number of nitrogens with one attached hydrogen (secondary N) is 2. The molecule has 16 heteroatoms. The van der Waals surface area contributed by atoms with Gasteiger partial charge in [-0.2, -0.15) is 0 Å². The van der Waals surface area contributed by atoms with Crippen LogP contribution in [0.4, 0.5) is 0 Å². The molecule has 15 nitrogen and oxygen atoms in total. The lowest BCUT2D eigenvalue weighted by molar-refractivity contribution is -0.237. The number of esters is 4. The van der Waals surface area contributed by atoms with Gasteiger partial charge in [-0.3, -0.25) is 34.0 Å². The molecular formula is C43H63N5O10S. The van der Waals surface area contributed by atoms with Gasteiger partial charge in [-0.1, -0.05) is 12.5 Å². The second-order valence-corrected chi connectivity index (χ2v) is 16.4. The minimum atomic E-state index is -1.23. The summed E-state index contributed by atoms with van der Waals surface area (Å²) in [7, 11) is 5.44. The topological polar surface area (TPSA) is 187 Å². The van der Waals surface area contributed by atoms with E-state index in [-0.39, 0.29) is 24.3 Å². The number of aryl methyl sites for hydroxylation is 1. The highest BCUT2D eigenvalue weighted by molar-refractivity contribution is 7.99. The fourth-order valence-corrected chi connectivity index (χ4v) is 8.20. The number of likely N-dealkylation sites (N-methyl/N-ethyl adjacent to an activating group) is 1. The van der Waals surface area contributed by atoms with Crippen molar-refractivity contribution in [3.8, 4) is 0 Å². The number of rotatable bonds is 17. The molecule has 59 heavy (non-hydrogen) atoms. The molecule has 2 N–H and O–H groups in total. The Morgan fingerprint density at radius 3 is 2.15 bits per heavy atom. The molecule has 0 aliphatic carbocycles. The first-order valence-corrected chi connectivity index (χ1v) is 21.0. The molecule has 2 aliphatic rings. The number of hydrogen-bond donors (Lipinski definition) is 2. The number of carbonyl (C=O) groups excluding carboxylic acids is 5. The van der Waals surface area contributed by atoms with Crippen molar-refractivity contribution in [1.82, 2.24) is 15.2 Å². The minimum Gasteiger partial charge on any atom is -0.463 e. The van der Waals surface area contributed by atoms with Crippen LogP contribution in [-0.4, -0.2) is 121 Å². The molecule has 7 atom stereocenters. The van der Waals surface area contributed by atoms with Crippen LogP contribution in [0.1, 0.15) is 87.1 Å². The van der Waals surface area contributed by atoms with E-state index >= 15 is 0 Å². The Morgan fingerprint density at radius 2 is 1.58 bits per heavy atom. The van der Waals surface area contributed by atoms with E-state index in [1.165, 1.54) is 39.5 Å². The van der Waals surface area contributed by atoms with E-state index in [9.17, 15) is 24.0 Å². The molecule has 1 aromatic heterocycles. The highest BCUT2D eigenvalue weighted by Gasteiger charge is 2.52. The third-order valence-corrected chi connectivity index (χ3v) is 11.5. The summed E-state index contributed by atoms with van der Waals surface area (Å²) in [5.41, 5.74) is 6.23. The SMILES string of the molecule is C/N=C(C)/C=c1\[nH]/c(=C(/C)C2=N/C(=C\C(NC)=C(C)C)[C@@H](C)[C@@H]2CCC(=O)N(C)CCCS[C@@H]2O[C@H](COC(C)=O)[C@@H](OC(C)=O)[C@H](OC(C)=O)[C@H]2OC(C)=O)cc1C. The van der Waals surface area contributed by atoms with Gasteiger partial charge in [0.15, 0.2) is 18.3 Å². The van der Waals surface area contributed by atoms with E-state index in [1.807, 2.05) is 20.0 Å². The van der Waals surface area contributed by atoms with Gasteiger partial charge in [-0.15, -0.1) is 11.8 Å². The number of allylic oxidation sites excluding steroid dienone is 3. The van der Waals surface area contributed by atoms with E-state index in [4.69, 9.17) is 28.7 Å². The van der Waals surface area contributed by atoms with Gasteiger partial charge in [0, 0.05) is 107 Å². The molecule has 3 rings (SSSR count). The summed E-state index contributed by atoms with van der Waals surface area (Å²) in [6.07, 6.45) is 0.988. The number of carbonyl (C=O) groups is 5.